The fourth-order valence-electron chi connectivity index (χ4n) is 4.85. The molecule has 2 heterocycles. The Hall–Kier alpha value is -3.82. The lowest BCUT2D eigenvalue weighted by molar-refractivity contribution is 0.128. The molecule has 1 aliphatic carbocycles. The molecule has 10 heteroatoms. The minimum atomic E-state index is -0.990. The summed E-state index contributed by atoms with van der Waals surface area (Å²) in [7, 11) is 1.74. The molecule has 1 saturated carbocycles. The molecule has 1 fully saturated rings. The molecule has 1 N–H and O–H groups in total. The van der Waals surface area contributed by atoms with Gasteiger partial charge in [-0.25, -0.2) is 14.5 Å². The largest absolute Gasteiger partial charge is 0.465 e. The van der Waals surface area contributed by atoms with Crippen LogP contribution in [0, 0.1) is 5.92 Å². The summed E-state index contributed by atoms with van der Waals surface area (Å²) in [6.07, 6.45) is 5.93. The average Bonchev–Trinajstić information content (AvgIpc) is 3.32. The number of tetrazole rings is 1. The zero-order valence-corrected chi connectivity index (χ0v) is 22.7. The zero-order valence-electron chi connectivity index (χ0n) is 22.7. The summed E-state index contributed by atoms with van der Waals surface area (Å²) >= 11 is 0. The first-order valence-corrected chi connectivity index (χ1v) is 13.2. The number of carbonyl (C=O) groups is 1. The van der Waals surface area contributed by atoms with Gasteiger partial charge in [-0.2, -0.15) is 0 Å². The summed E-state index contributed by atoms with van der Waals surface area (Å²) in [6, 6.07) is 13.4. The molecule has 38 heavy (non-hydrogen) atoms. The van der Waals surface area contributed by atoms with Gasteiger partial charge in [0.25, 0.3) is 0 Å². The van der Waals surface area contributed by atoms with E-state index in [1.54, 1.807) is 7.05 Å². The summed E-state index contributed by atoms with van der Waals surface area (Å²) in [5.41, 5.74) is 2.48. The second-order valence-electron chi connectivity index (χ2n) is 10.9. The van der Waals surface area contributed by atoms with Gasteiger partial charge in [0.05, 0.1) is 5.69 Å². The molecule has 2 aromatic heterocycles. The highest BCUT2D eigenvalue weighted by molar-refractivity contribution is 6.10. The van der Waals surface area contributed by atoms with Gasteiger partial charge in [-0.05, 0) is 34.2 Å². The van der Waals surface area contributed by atoms with Gasteiger partial charge in [0.2, 0.25) is 5.82 Å². The lowest BCUT2D eigenvalue weighted by atomic mass is 9.86. The second kappa shape index (κ2) is 12.1. The number of oxime groups is 1. The molecule has 202 valence electrons. The third-order valence-electron chi connectivity index (χ3n) is 6.96. The van der Waals surface area contributed by atoms with Crippen LogP contribution in [0.25, 0.3) is 0 Å². The van der Waals surface area contributed by atoms with E-state index in [-0.39, 0.29) is 12.0 Å². The Morgan fingerprint density at radius 2 is 1.87 bits per heavy atom. The van der Waals surface area contributed by atoms with Crippen LogP contribution in [-0.4, -0.2) is 48.6 Å². The van der Waals surface area contributed by atoms with Crippen LogP contribution in [0.5, 0.6) is 0 Å². The maximum absolute atomic E-state index is 12.4. The monoisotopic (exact) mass is 519 g/mol. The lowest BCUT2D eigenvalue weighted by Gasteiger charge is -2.29. The molecule has 4 rings (SSSR count). The Kier molecular flexibility index (Phi) is 8.70. The van der Waals surface area contributed by atoms with Gasteiger partial charge in [0, 0.05) is 24.7 Å². The highest BCUT2D eigenvalue weighted by Gasteiger charge is 2.27. The number of aryl methyl sites for hydroxylation is 1. The molecule has 0 aliphatic heterocycles. The minimum absolute atomic E-state index is 0.0646. The van der Waals surface area contributed by atoms with Crippen molar-refractivity contribution in [3.8, 4) is 0 Å². The number of rotatable bonds is 9. The first-order valence-electron chi connectivity index (χ1n) is 13.2. The van der Waals surface area contributed by atoms with Crippen molar-refractivity contribution < 1.29 is 14.7 Å². The van der Waals surface area contributed by atoms with Crippen molar-refractivity contribution in [3.63, 3.8) is 0 Å². The molecule has 0 atom stereocenters. The van der Waals surface area contributed by atoms with Crippen LogP contribution in [-0.2, 0) is 23.9 Å². The van der Waals surface area contributed by atoms with E-state index in [4.69, 9.17) is 9.82 Å². The fourth-order valence-corrected chi connectivity index (χ4v) is 4.85. The molecule has 1 aromatic carbocycles. The third-order valence-corrected chi connectivity index (χ3v) is 6.96. The van der Waals surface area contributed by atoms with Crippen LogP contribution in [0.4, 0.5) is 10.6 Å². The summed E-state index contributed by atoms with van der Waals surface area (Å²) in [6.45, 7) is 6.69. The van der Waals surface area contributed by atoms with Gasteiger partial charge < -0.3 is 9.94 Å². The van der Waals surface area contributed by atoms with E-state index in [0.29, 0.717) is 35.5 Å². The summed E-state index contributed by atoms with van der Waals surface area (Å²) in [5.74, 6) is 1.50. The molecule has 0 spiro atoms. The molecule has 1 aliphatic rings. The van der Waals surface area contributed by atoms with Gasteiger partial charge in [0.1, 0.15) is 5.82 Å². The van der Waals surface area contributed by atoms with E-state index in [1.807, 2.05) is 42.5 Å². The number of pyridine rings is 1. The number of anilines is 1. The van der Waals surface area contributed by atoms with Crippen LogP contribution in [0.15, 0.2) is 47.6 Å². The van der Waals surface area contributed by atoms with Gasteiger partial charge in [-0.15, -0.1) is 5.10 Å². The quantitative estimate of drug-likeness (QED) is 0.300. The van der Waals surface area contributed by atoms with Crippen molar-refractivity contribution in [2.45, 2.75) is 71.3 Å². The topological polar surface area (TPSA) is 119 Å². The maximum Gasteiger partial charge on any atom is 0.413 e. The molecule has 0 bridgehead atoms. The van der Waals surface area contributed by atoms with Crippen LogP contribution < -0.4 is 4.90 Å². The Morgan fingerprint density at radius 1 is 1.13 bits per heavy atom. The van der Waals surface area contributed by atoms with Crippen LogP contribution in [0.3, 0.4) is 0 Å². The number of hydrogen-bond donors (Lipinski definition) is 1. The predicted molar refractivity (Wildman–Crippen MR) is 145 cm³/mol. The molecule has 1 amide bonds. The van der Waals surface area contributed by atoms with E-state index < -0.39 is 6.09 Å². The van der Waals surface area contributed by atoms with Gasteiger partial charge in [-0.1, -0.05) is 94.4 Å². The van der Waals surface area contributed by atoms with E-state index in [1.165, 1.54) is 41.7 Å². The average molecular weight is 520 g/mol. The van der Waals surface area contributed by atoms with Gasteiger partial charge >= 0.3 is 6.09 Å². The van der Waals surface area contributed by atoms with E-state index >= 15 is 0 Å². The molecular weight excluding hydrogens is 482 g/mol. The number of amides is 1. The second-order valence-corrected chi connectivity index (χ2v) is 10.9. The highest BCUT2D eigenvalue weighted by Crippen LogP contribution is 2.33. The van der Waals surface area contributed by atoms with Crippen molar-refractivity contribution in [1.82, 2.24) is 25.2 Å². The van der Waals surface area contributed by atoms with Crippen molar-refractivity contribution in [1.29, 1.82) is 0 Å². The first-order chi connectivity index (χ1) is 18.2. The molecule has 3 aromatic rings. The van der Waals surface area contributed by atoms with Crippen molar-refractivity contribution >= 4 is 17.6 Å². The highest BCUT2D eigenvalue weighted by atomic mass is 16.6. The summed E-state index contributed by atoms with van der Waals surface area (Å²) in [4.78, 5) is 24.3. The number of aromatic nitrogens is 5. The summed E-state index contributed by atoms with van der Waals surface area (Å²) in [5, 5.41) is 26.2. The SMILES string of the molecule is Cn1nnnc1C(=NOCc1ccc(C(C)(C)C)c(N(CCC2CCCCC2)C(=O)O)n1)c1ccccc1. The Bertz CT molecular complexity index is 1240. The molecular formula is C28H37N7O3. The predicted octanol–water partition coefficient (Wildman–Crippen LogP) is 5.33. The van der Waals surface area contributed by atoms with Crippen LogP contribution in [0.1, 0.15) is 81.9 Å². The van der Waals surface area contributed by atoms with Crippen molar-refractivity contribution in [2.24, 2.45) is 18.1 Å². The van der Waals surface area contributed by atoms with Crippen molar-refractivity contribution in [3.05, 3.63) is 65.1 Å². The third kappa shape index (κ3) is 6.73. The summed E-state index contributed by atoms with van der Waals surface area (Å²) < 4.78 is 1.53. The van der Waals surface area contributed by atoms with E-state index in [9.17, 15) is 9.90 Å². The standard InChI is InChI=1S/C28H37N7O3/c1-28(2,3)23-16-15-22(29-25(23)35(27(36)37)18-17-20-11-7-5-8-12-20)19-38-31-24(21-13-9-6-10-14-21)26-30-32-33-34(26)4/h6,9-10,13-16,20H,5,7-8,11-12,17-19H2,1-4H3,(H,36,37). The normalized spacial score (nSPS) is 14.9. The van der Waals surface area contributed by atoms with Crippen molar-refractivity contribution in [2.75, 3.05) is 11.4 Å². The molecule has 0 unspecified atom stereocenters. The van der Waals surface area contributed by atoms with E-state index in [0.717, 1.165) is 17.5 Å². The van der Waals surface area contributed by atoms with Gasteiger partial charge in [-0.3, -0.25) is 4.90 Å². The zero-order chi connectivity index (χ0) is 27.1. The van der Waals surface area contributed by atoms with Crippen LogP contribution in [0.2, 0.25) is 0 Å². The number of carboxylic acid groups (broad SMARTS) is 1. The Morgan fingerprint density at radius 3 is 2.50 bits per heavy atom. The van der Waals surface area contributed by atoms with Gasteiger partial charge in [0.15, 0.2) is 12.3 Å². The Balaban J connectivity index is 1.58. The van der Waals surface area contributed by atoms with E-state index in [2.05, 4.69) is 41.5 Å². The number of benzene rings is 1. The smallest absolute Gasteiger partial charge is 0.413 e. The van der Waals surface area contributed by atoms with Crippen LogP contribution >= 0.6 is 0 Å². The fraction of sp³-hybridized carbons (Fsp3) is 0.500. The Labute approximate surface area is 223 Å². The number of hydrogen-bond acceptors (Lipinski definition) is 7. The maximum atomic E-state index is 12.4. The minimum Gasteiger partial charge on any atom is -0.465 e. The lowest BCUT2D eigenvalue weighted by Crippen LogP contribution is -2.35. The molecule has 10 nitrogen and oxygen atoms in total. The number of nitrogens with zero attached hydrogens (tertiary/aromatic N) is 7. The molecule has 0 saturated heterocycles. The first kappa shape index (κ1) is 27.2. The molecule has 0 radical (unpaired) electrons.